The number of carbonyl (C=O) groups is 1. The van der Waals surface area contributed by atoms with E-state index in [9.17, 15) is 4.79 Å². The summed E-state index contributed by atoms with van der Waals surface area (Å²) < 4.78 is 5.47. The van der Waals surface area contributed by atoms with Crippen molar-refractivity contribution in [3.05, 3.63) is 24.3 Å². The standard InChI is InChI=1S/C12H15N3O2/c16-11(12-13-2-1-3-14-12)8-4-9-6-17-7-10(5-8)15-9/h1-3,8-10,15H,4-7H2. The van der Waals surface area contributed by atoms with Crippen molar-refractivity contribution < 1.29 is 9.53 Å². The van der Waals surface area contributed by atoms with E-state index in [1.807, 2.05) is 0 Å². The molecule has 5 heteroatoms. The lowest BCUT2D eigenvalue weighted by Gasteiger charge is -2.39. The van der Waals surface area contributed by atoms with E-state index in [0.717, 1.165) is 12.8 Å². The van der Waals surface area contributed by atoms with Crippen LogP contribution in [0, 0.1) is 5.92 Å². The van der Waals surface area contributed by atoms with Gasteiger partial charge in [0.2, 0.25) is 5.78 Å². The van der Waals surface area contributed by atoms with Gasteiger partial charge < -0.3 is 10.1 Å². The highest BCUT2D eigenvalue weighted by Crippen LogP contribution is 2.26. The maximum Gasteiger partial charge on any atom is 0.203 e. The van der Waals surface area contributed by atoms with Gasteiger partial charge in [-0.25, -0.2) is 9.97 Å². The summed E-state index contributed by atoms with van der Waals surface area (Å²) in [5, 5.41) is 3.47. The van der Waals surface area contributed by atoms with Gasteiger partial charge in [0.05, 0.1) is 13.2 Å². The minimum absolute atomic E-state index is 0.0394. The van der Waals surface area contributed by atoms with Crippen molar-refractivity contribution in [2.75, 3.05) is 13.2 Å². The van der Waals surface area contributed by atoms with Crippen molar-refractivity contribution in [2.24, 2.45) is 5.92 Å². The van der Waals surface area contributed by atoms with Gasteiger partial charge in [-0.3, -0.25) is 4.79 Å². The Morgan fingerprint density at radius 1 is 1.24 bits per heavy atom. The molecule has 5 nitrogen and oxygen atoms in total. The smallest absolute Gasteiger partial charge is 0.203 e. The average molecular weight is 233 g/mol. The van der Waals surface area contributed by atoms with Crippen molar-refractivity contribution in [1.82, 2.24) is 15.3 Å². The molecule has 0 spiro atoms. The van der Waals surface area contributed by atoms with E-state index in [1.54, 1.807) is 18.5 Å². The first kappa shape index (κ1) is 10.8. The van der Waals surface area contributed by atoms with Crippen LogP contribution >= 0.6 is 0 Å². The quantitative estimate of drug-likeness (QED) is 0.750. The monoisotopic (exact) mass is 233 g/mol. The number of aromatic nitrogens is 2. The van der Waals surface area contributed by atoms with Crippen LogP contribution in [0.5, 0.6) is 0 Å². The van der Waals surface area contributed by atoms with Crippen LogP contribution in [0.25, 0.3) is 0 Å². The van der Waals surface area contributed by atoms with Gasteiger partial charge in [0.1, 0.15) is 0 Å². The molecule has 2 aliphatic rings. The van der Waals surface area contributed by atoms with Crippen LogP contribution in [0.3, 0.4) is 0 Å². The molecule has 0 aromatic carbocycles. The molecule has 1 aromatic heterocycles. The Kier molecular flexibility index (Phi) is 2.86. The Hall–Kier alpha value is -1.33. The fraction of sp³-hybridized carbons (Fsp3) is 0.583. The summed E-state index contributed by atoms with van der Waals surface area (Å²) in [7, 11) is 0. The average Bonchev–Trinajstić information content (AvgIpc) is 2.38. The number of rotatable bonds is 2. The van der Waals surface area contributed by atoms with E-state index < -0.39 is 0 Å². The summed E-state index contributed by atoms with van der Waals surface area (Å²) in [4.78, 5) is 20.3. The molecule has 0 radical (unpaired) electrons. The lowest BCUT2D eigenvalue weighted by atomic mass is 9.84. The third-order valence-electron chi connectivity index (χ3n) is 3.40. The minimum atomic E-state index is 0.0394. The number of fused-ring (bicyclic) bond motifs is 2. The predicted molar refractivity (Wildman–Crippen MR) is 60.6 cm³/mol. The molecule has 1 N–H and O–H groups in total. The Morgan fingerprint density at radius 3 is 2.53 bits per heavy atom. The van der Waals surface area contributed by atoms with E-state index in [4.69, 9.17) is 4.74 Å². The Morgan fingerprint density at radius 2 is 1.88 bits per heavy atom. The third-order valence-corrected chi connectivity index (χ3v) is 3.40. The fourth-order valence-electron chi connectivity index (χ4n) is 2.66. The number of morpholine rings is 1. The molecule has 3 heterocycles. The fourth-order valence-corrected chi connectivity index (χ4v) is 2.66. The Bertz CT molecular complexity index is 397. The van der Waals surface area contributed by atoms with E-state index in [2.05, 4.69) is 15.3 Å². The largest absolute Gasteiger partial charge is 0.378 e. The highest BCUT2D eigenvalue weighted by atomic mass is 16.5. The van der Waals surface area contributed by atoms with E-state index in [1.165, 1.54) is 0 Å². The number of hydrogen-bond donors (Lipinski definition) is 1. The van der Waals surface area contributed by atoms with Gasteiger partial charge in [-0.15, -0.1) is 0 Å². The molecule has 3 rings (SSSR count). The van der Waals surface area contributed by atoms with Gasteiger partial charge in [0.25, 0.3) is 0 Å². The molecule has 1 aromatic rings. The molecular formula is C12H15N3O2. The molecule has 17 heavy (non-hydrogen) atoms. The molecule has 2 unspecified atom stereocenters. The van der Waals surface area contributed by atoms with Crippen LogP contribution in [0.2, 0.25) is 0 Å². The predicted octanol–water partition coefficient (Wildman–Crippen LogP) is 0.426. The zero-order valence-electron chi connectivity index (χ0n) is 9.50. The van der Waals surface area contributed by atoms with Gasteiger partial charge in [-0.05, 0) is 18.9 Å². The second-order valence-corrected chi connectivity index (χ2v) is 4.70. The summed E-state index contributed by atoms with van der Waals surface area (Å²) in [6.07, 6.45) is 4.89. The first-order valence-electron chi connectivity index (χ1n) is 5.98. The Balaban J connectivity index is 1.74. The first-order valence-corrected chi connectivity index (χ1v) is 5.98. The highest BCUT2D eigenvalue weighted by Gasteiger charge is 2.36. The van der Waals surface area contributed by atoms with Crippen LogP contribution in [-0.4, -0.2) is 41.0 Å². The number of piperidine rings is 1. The van der Waals surface area contributed by atoms with Crippen molar-refractivity contribution >= 4 is 5.78 Å². The van der Waals surface area contributed by atoms with Gasteiger partial charge in [0, 0.05) is 30.4 Å². The summed E-state index contributed by atoms with van der Waals surface area (Å²) >= 11 is 0. The third kappa shape index (κ3) is 2.21. The van der Waals surface area contributed by atoms with Gasteiger partial charge in [0.15, 0.2) is 5.82 Å². The number of nitrogens with one attached hydrogen (secondary N) is 1. The number of nitrogens with zero attached hydrogens (tertiary/aromatic N) is 2. The summed E-state index contributed by atoms with van der Waals surface area (Å²) in [5.41, 5.74) is 0. The molecule has 2 fully saturated rings. The summed E-state index contributed by atoms with van der Waals surface area (Å²) in [6, 6.07) is 2.34. The maximum absolute atomic E-state index is 12.2. The van der Waals surface area contributed by atoms with Crippen molar-refractivity contribution in [2.45, 2.75) is 24.9 Å². The number of ketones is 1. The van der Waals surface area contributed by atoms with Crippen LogP contribution in [0.4, 0.5) is 0 Å². The van der Waals surface area contributed by atoms with Crippen LogP contribution in [0.15, 0.2) is 18.5 Å². The number of hydrogen-bond acceptors (Lipinski definition) is 5. The first-order chi connectivity index (χ1) is 8.33. The zero-order chi connectivity index (χ0) is 11.7. The molecule has 2 bridgehead atoms. The second-order valence-electron chi connectivity index (χ2n) is 4.70. The number of Topliss-reactive ketones (excluding diaryl/α,β-unsaturated/α-hetero) is 1. The van der Waals surface area contributed by atoms with Gasteiger partial charge in [-0.1, -0.05) is 0 Å². The van der Waals surface area contributed by atoms with E-state index in [-0.39, 0.29) is 11.7 Å². The molecule has 0 saturated carbocycles. The van der Waals surface area contributed by atoms with E-state index >= 15 is 0 Å². The molecular weight excluding hydrogens is 218 g/mol. The molecule has 2 saturated heterocycles. The summed E-state index contributed by atoms with van der Waals surface area (Å²) in [5.74, 6) is 0.458. The van der Waals surface area contributed by atoms with E-state index in [0.29, 0.717) is 31.1 Å². The summed E-state index contributed by atoms with van der Waals surface area (Å²) in [6.45, 7) is 1.41. The topological polar surface area (TPSA) is 64.1 Å². The maximum atomic E-state index is 12.2. The normalized spacial score (nSPS) is 32.1. The van der Waals surface area contributed by atoms with Crippen molar-refractivity contribution in [3.63, 3.8) is 0 Å². The lowest BCUT2D eigenvalue weighted by molar-refractivity contribution is 0.00932. The van der Waals surface area contributed by atoms with Gasteiger partial charge in [-0.2, -0.15) is 0 Å². The molecule has 2 atom stereocenters. The molecule has 2 aliphatic heterocycles. The van der Waals surface area contributed by atoms with Crippen molar-refractivity contribution in [3.8, 4) is 0 Å². The Labute approximate surface area is 99.6 Å². The van der Waals surface area contributed by atoms with Gasteiger partial charge >= 0.3 is 0 Å². The molecule has 0 amide bonds. The van der Waals surface area contributed by atoms with Crippen LogP contribution in [-0.2, 0) is 4.74 Å². The second kappa shape index (κ2) is 4.50. The highest BCUT2D eigenvalue weighted by molar-refractivity contribution is 5.94. The van der Waals surface area contributed by atoms with Crippen molar-refractivity contribution in [1.29, 1.82) is 0 Å². The molecule has 0 aliphatic carbocycles. The number of ether oxygens (including phenoxy) is 1. The minimum Gasteiger partial charge on any atom is -0.378 e. The lowest BCUT2D eigenvalue weighted by Crippen LogP contribution is -2.55. The SMILES string of the molecule is O=C(c1ncccn1)C1CC2COCC(C1)N2. The van der Waals surface area contributed by atoms with Crippen LogP contribution in [0.1, 0.15) is 23.5 Å². The zero-order valence-corrected chi connectivity index (χ0v) is 9.50. The van der Waals surface area contributed by atoms with Crippen LogP contribution < -0.4 is 5.32 Å². The molecule has 90 valence electrons. The number of carbonyl (C=O) groups excluding carboxylic acids is 1.